The third-order valence-electron chi connectivity index (χ3n) is 4.88. The molecular weight excluding hydrogens is 298 g/mol. The molecule has 0 amide bonds. The van der Waals surface area contributed by atoms with Gasteiger partial charge in [0.25, 0.3) is 0 Å². The van der Waals surface area contributed by atoms with E-state index in [0.717, 1.165) is 43.0 Å². The van der Waals surface area contributed by atoms with E-state index in [2.05, 4.69) is 68.1 Å². The third kappa shape index (κ3) is 2.87. The molecule has 124 valence electrons. The van der Waals surface area contributed by atoms with E-state index in [0.29, 0.717) is 6.04 Å². The minimum atomic E-state index is 0.506. The predicted molar refractivity (Wildman–Crippen MR) is 97.0 cm³/mol. The van der Waals surface area contributed by atoms with Crippen molar-refractivity contribution >= 4 is 16.9 Å². The van der Waals surface area contributed by atoms with Gasteiger partial charge in [-0.2, -0.15) is 0 Å². The Labute approximate surface area is 142 Å². The number of nitrogens with one attached hydrogen (secondary N) is 1. The van der Waals surface area contributed by atoms with Crippen molar-refractivity contribution in [3.05, 3.63) is 54.5 Å². The van der Waals surface area contributed by atoms with Crippen LogP contribution in [0.2, 0.25) is 0 Å². The Balaban J connectivity index is 1.51. The van der Waals surface area contributed by atoms with Crippen LogP contribution in [-0.4, -0.2) is 45.5 Å². The maximum Gasteiger partial charge on any atom is 0.142 e. The Morgan fingerprint density at radius 1 is 1.21 bits per heavy atom. The van der Waals surface area contributed by atoms with Crippen molar-refractivity contribution in [3.8, 4) is 0 Å². The van der Waals surface area contributed by atoms with E-state index >= 15 is 0 Å². The summed E-state index contributed by atoms with van der Waals surface area (Å²) in [6, 6.07) is 13.3. The van der Waals surface area contributed by atoms with Crippen molar-refractivity contribution in [2.24, 2.45) is 0 Å². The van der Waals surface area contributed by atoms with E-state index in [-0.39, 0.29) is 0 Å². The second-order valence-electron chi connectivity index (χ2n) is 6.39. The molecule has 0 unspecified atom stereocenters. The van der Waals surface area contributed by atoms with E-state index < -0.39 is 0 Å². The van der Waals surface area contributed by atoms with Gasteiger partial charge in [0.15, 0.2) is 0 Å². The molecule has 2 aromatic heterocycles. The number of benzene rings is 1. The number of likely N-dealkylation sites (tertiary alicyclic amines) is 1. The van der Waals surface area contributed by atoms with Crippen LogP contribution in [0.5, 0.6) is 0 Å². The Morgan fingerprint density at radius 3 is 2.92 bits per heavy atom. The number of likely N-dealkylation sites (N-methyl/N-ethyl adjacent to an activating group) is 1. The highest BCUT2D eigenvalue weighted by molar-refractivity contribution is 5.87. The van der Waals surface area contributed by atoms with Crippen LogP contribution in [0.15, 0.2) is 48.9 Å². The molecule has 3 heterocycles. The van der Waals surface area contributed by atoms with Crippen LogP contribution in [-0.2, 0) is 6.54 Å². The number of fused-ring (bicyclic) bond motifs is 1. The number of hydrogen-bond donors (Lipinski definition) is 1. The van der Waals surface area contributed by atoms with Gasteiger partial charge in [0.1, 0.15) is 17.8 Å². The highest BCUT2D eigenvalue weighted by atomic mass is 15.3. The van der Waals surface area contributed by atoms with Gasteiger partial charge < -0.3 is 9.88 Å². The zero-order valence-electron chi connectivity index (χ0n) is 14.0. The largest absolute Gasteiger partial charge is 0.352 e. The molecule has 0 bridgehead atoms. The lowest BCUT2D eigenvalue weighted by molar-refractivity contribution is 0.325. The van der Waals surface area contributed by atoms with Crippen LogP contribution in [0, 0.1) is 0 Å². The first-order valence-corrected chi connectivity index (χ1v) is 8.66. The molecule has 1 aromatic carbocycles. The lowest BCUT2D eigenvalue weighted by Crippen LogP contribution is -2.38. The number of hydrogen-bond acceptors (Lipinski definition) is 4. The van der Waals surface area contributed by atoms with E-state index in [9.17, 15) is 0 Å². The molecule has 5 nitrogen and oxygen atoms in total. The smallest absolute Gasteiger partial charge is 0.142 e. The van der Waals surface area contributed by atoms with E-state index in [1.165, 1.54) is 12.0 Å². The normalized spacial score (nSPS) is 18.3. The highest BCUT2D eigenvalue weighted by Gasteiger charge is 2.28. The van der Waals surface area contributed by atoms with Gasteiger partial charge in [0.2, 0.25) is 0 Å². The van der Waals surface area contributed by atoms with Crippen LogP contribution in [0.3, 0.4) is 0 Å². The second kappa shape index (κ2) is 6.61. The van der Waals surface area contributed by atoms with Crippen molar-refractivity contribution < 1.29 is 0 Å². The first kappa shape index (κ1) is 15.1. The highest BCUT2D eigenvalue weighted by Crippen LogP contribution is 2.27. The Hall–Kier alpha value is -2.40. The van der Waals surface area contributed by atoms with Gasteiger partial charge in [0.05, 0.1) is 5.39 Å². The number of nitrogens with zero attached hydrogens (tertiary/aromatic N) is 4. The molecule has 3 aromatic rings. The molecule has 1 aliphatic rings. The minimum absolute atomic E-state index is 0.506. The van der Waals surface area contributed by atoms with Crippen molar-refractivity contribution in [1.29, 1.82) is 0 Å². The van der Waals surface area contributed by atoms with Crippen LogP contribution < -0.4 is 4.90 Å². The fourth-order valence-electron chi connectivity index (χ4n) is 3.72. The molecule has 1 atom stereocenters. The van der Waals surface area contributed by atoms with Gasteiger partial charge in [-0.25, -0.2) is 9.97 Å². The summed E-state index contributed by atoms with van der Waals surface area (Å²) in [7, 11) is 0. The Morgan fingerprint density at radius 2 is 2.08 bits per heavy atom. The second-order valence-corrected chi connectivity index (χ2v) is 6.39. The molecule has 5 heteroatoms. The first-order chi connectivity index (χ1) is 11.8. The fourth-order valence-corrected chi connectivity index (χ4v) is 3.72. The third-order valence-corrected chi connectivity index (χ3v) is 4.88. The molecule has 0 radical (unpaired) electrons. The summed E-state index contributed by atoms with van der Waals surface area (Å²) < 4.78 is 0. The summed E-state index contributed by atoms with van der Waals surface area (Å²) >= 11 is 0. The molecular formula is C19H23N5. The van der Waals surface area contributed by atoms with Crippen molar-refractivity contribution in [1.82, 2.24) is 19.9 Å². The first-order valence-electron chi connectivity index (χ1n) is 8.66. The van der Waals surface area contributed by atoms with E-state index in [4.69, 9.17) is 0 Å². The molecule has 0 spiro atoms. The van der Waals surface area contributed by atoms with E-state index in [1.54, 1.807) is 6.33 Å². The van der Waals surface area contributed by atoms with Gasteiger partial charge in [-0.3, -0.25) is 4.90 Å². The maximum atomic E-state index is 4.58. The van der Waals surface area contributed by atoms with Crippen molar-refractivity contribution in [2.75, 3.05) is 24.5 Å². The summed E-state index contributed by atoms with van der Waals surface area (Å²) in [5.41, 5.74) is 2.30. The monoisotopic (exact) mass is 321 g/mol. The summed E-state index contributed by atoms with van der Waals surface area (Å²) in [4.78, 5) is 17.0. The van der Waals surface area contributed by atoms with E-state index in [1.807, 2.05) is 6.20 Å². The summed E-state index contributed by atoms with van der Waals surface area (Å²) in [6.07, 6.45) is 4.77. The average molecular weight is 321 g/mol. The predicted octanol–water partition coefficient (Wildman–Crippen LogP) is 3.06. The quantitative estimate of drug-likeness (QED) is 0.784. The number of aromatic amines is 1. The Bertz CT molecular complexity index is 798. The van der Waals surface area contributed by atoms with Crippen LogP contribution in [0.4, 0.5) is 5.82 Å². The number of H-pyrrole nitrogens is 1. The lowest BCUT2D eigenvalue weighted by atomic mass is 10.2. The van der Waals surface area contributed by atoms with Crippen molar-refractivity contribution in [2.45, 2.75) is 25.9 Å². The van der Waals surface area contributed by atoms with Crippen molar-refractivity contribution in [3.63, 3.8) is 0 Å². The molecule has 0 aliphatic carbocycles. The molecule has 1 N–H and O–H groups in total. The standard InChI is InChI=1S/C19H23N5/c1-2-24(19-17-8-10-20-18(17)21-14-22-19)16-9-11-23(13-16)12-15-6-4-3-5-7-15/h3-8,10,14,16H,2,9,11-13H2,1H3,(H,20,21,22)/t16-/m1/s1. The molecule has 1 saturated heterocycles. The summed E-state index contributed by atoms with van der Waals surface area (Å²) in [5.74, 6) is 1.05. The number of aromatic nitrogens is 3. The molecule has 1 aliphatic heterocycles. The lowest BCUT2D eigenvalue weighted by Gasteiger charge is -2.29. The SMILES string of the molecule is CCN(c1ncnc2[nH]ccc12)[C@@H]1CCN(Cc2ccccc2)C1. The molecule has 4 rings (SSSR count). The Kier molecular flexibility index (Phi) is 4.17. The summed E-state index contributed by atoms with van der Waals surface area (Å²) in [5, 5.41) is 1.11. The maximum absolute atomic E-state index is 4.58. The minimum Gasteiger partial charge on any atom is -0.352 e. The average Bonchev–Trinajstić information content (AvgIpc) is 3.26. The fraction of sp³-hybridized carbons (Fsp3) is 0.368. The van der Waals surface area contributed by atoms with Gasteiger partial charge in [0, 0.05) is 38.4 Å². The van der Waals surface area contributed by atoms with Gasteiger partial charge >= 0.3 is 0 Å². The molecule has 0 saturated carbocycles. The summed E-state index contributed by atoms with van der Waals surface area (Å²) in [6.45, 7) is 6.41. The number of rotatable bonds is 5. The number of anilines is 1. The topological polar surface area (TPSA) is 48.1 Å². The zero-order valence-corrected chi connectivity index (χ0v) is 14.0. The van der Waals surface area contributed by atoms with Crippen LogP contribution >= 0.6 is 0 Å². The zero-order chi connectivity index (χ0) is 16.4. The molecule has 1 fully saturated rings. The van der Waals surface area contributed by atoms with Gasteiger partial charge in [-0.1, -0.05) is 30.3 Å². The van der Waals surface area contributed by atoms with Crippen LogP contribution in [0.1, 0.15) is 18.9 Å². The van der Waals surface area contributed by atoms with Gasteiger partial charge in [-0.05, 0) is 25.0 Å². The van der Waals surface area contributed by atoms with Gasteiger partial charge in [-0.15, -0.1) is 0 Å². The molecule has 24 heavy (non-hydrogen) atoms. The van der Waals surface area contributed by atoms with Crippen LogP contribution in [0.25, 0.3) is 11.0 Å².